The Morgan fingerprint density at radius 1 is 0.743 bits per heavy atom. The lowest BCUT2D eigenvalue weighted by Crippen LogP contribution is -2.64. The van der Waals surface area contributed by atoms with E-state index in [1.165, 1.54) is 27.7 Å². The van der Waals surface area contributed by atoms with Gasteiger partial charge in [0.1, 0.15) is 48.6 Å². The molecule has 0 aromatic carbocycles. The highest BCUT2D eigenvalue weighted by Gasteiger charge is 2.44. The number of amides is 6. The van der Waals surface area contributed by atoms with Crippen LogP contribution in [0.1, 0.15) is 27.7 Å². The van der Waals surface area contributed by atoms with Crippen LogP contribution in [0, 0.1) is 0 Å². The Labute approximate surface area is 200 Å². The number of hydrogen-bond acceptors (Lipinski definition) is 10. The average molecular weight is 507 g/mol. The minimum atomic E-state index is -1.71. The number of aliphatic hydroxyl groups excluding tert-OH is 4. The predicted octanol–water partition coefficient (Wildman–Crippen LogP) is -5.53. The van der Waals surface area contributed by atoms with Gasteiger partial charge in [0.15, 0.2) is 6.23 Å². The summed E-state index contributed by atoms with van der Waals surface area (Å²) in [4.78, 5) is 59.8. The first kappa shape index (κ1) is 30.0. The minimum absolute atomic E-state index is 0.664. The molecule has 0 aromatic heterocycles. The predicted molar refractivity (Wildman–Crippen MR) is 117 cm³/mol. The number of nitrogens with one attached hydrogen (secondary N) is 5. The lowest BCUT2D eigenvalue weighted by molar-refractivity contribution is -0.233. The molecule has 1 heterocycles. The number of ether oxygens (including phenoxy) is 1. The summed E-state index contributed by atoms with van der Waals surface area (Å²) in [5.41, 5.74) is 5.06. The van der Waals surface area contributed by atoms with Crippen LogP contribution < -0.4 is 32.3 Å². The van der Waals surface area contributed by atoms with Crippen molar-refractivity contribution in [1.82, 2.24) is 26.6 Å². The van der Waals surface area contributed by atoms with Crippen molar-refractivity contribution in [3.8, 4) is 0 Å². The van der Waals surface area contributed by atoms with Crippen molar-refractivity contribution < 1.29 is 49.1 Å². The maximum Gasteiger partial charge on any atom is 0.317 e. The van der Waals surface area contributed by atoms with E-state index in [9.17, 15) is 44.4 Å². The maximum atomic E-state index is 12.3. The molecule has 0 saturated carbocycles. The molecule has 0 aliphatic carbocycles. The molecule has 16 nitrogen and oxygen atoms in total. The topological polar surface area (TPSA) is 262 Å². The highest BCUT2D eigenvalue weighted by molar-refractivity contribution is 5.94. The van der Waals surface area contributed by atoms with E-state index in [4.69, 9.17) is 10.5 Å². The number of aliphatic hydroxyl groups is 4. The van der Waals surface area contributed by atoms with E-state index in [1.54, 1.807) is 0 Å². The smallest absolute Gasteiger partial charge is 0.317 e. The van der Waals surface area contributed by atoms with Crippen LogP contribution in [0.4, 0.5) is 4.79 Å². The summed E-state index contributed by atoms with van der Waals surface area (Å²) in [7, 11) is 0. The fourth-order valence-corrected chi connectivity index (χ4v) is 2.87. The average Bonchev–Trinajstić information content (AvgIpc) is 2.78. The van der Waals surface area contributed by atoms with E-state index in [1.807, 2.05) is 0 Å². The molecule has 0 spiro atoms. The van der Waals surface area contributed by atoms with E-state index >= 15 is 0 Å². The van der Waals surface area contributed by atoms with Crippen LogP contribution in [0.5, 0.6) is 0 Å². The normalized spacial score (nSPS) is 27.4. The molecule has 9 unspecified atom stereocenters. The van der Waals surface area contributed by atoms with E-state index in [0.29, 0.717) is 0 Å². The Morgan fingerprint density at radius 3 is 1.60 bits per heavy atom. The number of rotatable bonds is 10. The molecule has 0 bridgehead atoms. The van der Waals surface area contributed by atoms with Crippen LogP contribution in [-0.4, -0.2) is 112 Å². The Bertz CT molecular complexity index is 796. The van der Waals surface area contributed by atoms with Crippen LogP contribution in [0.15, 0.2) is 0 Å². The van der Waals surface area contributed by atoms with Gasteiger partial charge in [-0.25, -0.2) is 4.79 Å². The fraction of sp³-hybridized carbons (Fsp3) is 0.737. The maximum absolute atomic E-state index is 12.3. The summed E-state index contributed by atoms with van der Waals surface area (Å²) in [5, 5.41) is 50.1. The van der Waals surface area contributed by atoms with Gasteiger partial charge in [0.2, 0.25) is 23.6 Å². The summed E-state index contributed by atoms with van der Waals surface area (Å²) in [5.74, 6) is -2.90. The van der Waals surface area contributed by atoms with Gasteiger partial charge in [-0.15, -0.1) is 0 Å². The molecule has 9 atom stereocenters. The van der Waals surface area contributed by atoms with Crippen LogP contribution in [0.2, 0.25) is 0 Å². The summed E-state index contributed by atoms with van der Waals surface area (Å²) < 4.78 is 5.14. The zero-order valence-corrected chi connectivity index (χ0v) is 19.7. The van der Waals surface area contributed by atoms with Gasteiger partial charge >= 0.3 is 6.03 Å². The third-order valence-corrected chi connectivity index (χ3v) is 5.20. The lowest BCUT2D eigenvalue weighted by atomic mass is 9.98. The Kier molecular flexibility index (Phi) is 11.3. The number of urea groups is 1. The summed E-state index contributed by atoms with van der Waals surface area (Å²) in [6.07, 6.45) is -7.74. The van der Waals surface area contributed by atoms with Crippen molar-refractivity contribution in [2.45, 2.75) is 82.5 Å². The molecule has 1 aliphatic heterocycles. The van der Waals surface area contributed by atoms with Gasteiger partial charge in [-0.1, -0.05) is 0 Å². The van der Waals surface area contributed by atoms with Gasteiger partial charge in [0.25, 0.3) is 0 Å². The molecule has 1 fully saturated rings. The first-order valence-corrected chi connectivity index (χ1v) is 10.8. The van der Waals surface area contributed by atoms with Crippen molar-refractivity contribution in [1.29, 1.82) is 0 Å². The van der Waals surface area contributed by atoms with Crippen molar-refractivity contribution in [2.24, 2.45) is 5.73 Å². The monoisotopic (exact) mass is 506 g/mol. The second-order valence-corrected chi connectivity index (χ2v) is 8.18. The van der Waals surface area contributed by atoms with Gasteiger partial charge in [-0.2, -0.15) is 0 Å². The van der Waals surface area contributed by atoms with Gasteiger partial charge in [-0.05, 0) is 27.7 Å². The number of nitrogens with two attached hydrogens (primary N) is 1. The third kappa shape index (κ3) is 8.59. The SMILES string of the molecule is CC(NC(=O)C(C)NC(=O)C(C)NC(=O)C(C)NC(=O)NC1OC(CO)C(O)C(O)C1O)C(N)=O. The zero-order valence-electron chi connectivity index (χ0n) is 19.7. The van der Waals surface area contributed by atoms with Gasteiger partial charge < -0.3 is 57.5 Å². The fourth-order valence-electron chi connectivity index (χ4n) is 2.87. The Morgan fingerprint density at radius 2 is 1.17 bits per heavy atom. The van der Waals surface area contributed by atoms with Crippen LogP contribution in [-0.2, 0) is 23.9 Å². The quantitative estimate of drug-likeness (QED) is 0.134. The van der Waals surface area contributed by atoms with Crippen molar-refractivity contribution in [3.63, 3.8) is 0 Å². The third-order valence-electron chi connectivity index (χ3n) is 5.20. The van der Waals surface area contributed by atoms with Crippen molar-refractivity contribution in [2.75, 3.05) is 6.61 Å². The molecule has 0 radical (unpaired) electrons. The van der Waals surface area contributed by atoms with Crippen LogP contribution >= 0.6 is 0 Å². The second kappa shape index (κ2) is 13.1. The highest BCUT2D eigenvalue weighted by atomic mass is 16.6. The molecular weight excluding hydrogens is 472 g/mol. The first-order valence-electron chi connectivity index (χ1n) is 10.8. The molecule has 1 saturated heterocycles. The largest absolute Gasteiger partial charge is 0.394 e. The van der Waals surface area contributed by atoms with Crippen LogP contribution in [0.25, 0.3) is 0 Å². The first-order chi connectivity index (χ1) is 16.2. The lowest BCUT2D eigenvalue weighted by Gasteiger charge is -2.40. The molecule has 1 aliphatic rings. The van der Waals surface area contributed by atoms with E-state index in [-0.39, 0.29) is 0 Å². The molecule has 0 aromatic rings. The highest BCUT2D eigenvalue weighted by Crippen LogP contribution is 2.19. The minimum Gasteiger partial charge on any atom is -0.394 e. The van der Waals surface area contributed by atoms with Gasteiger partial charge in [0, 0.05) is 0 Å². The molecular formula is C19H34N6O10. The number of carbonyl (C=O) groups is 5. The second-order valence-electron chi connectivity index (χ2n) is 8.18. The van der Waals surface area contributed by atoms with Crippen molar-refractivity contribution >= 4 is 29.7 Å². The van der Waals surface area contributed by atoms with Crippen LogP contribution in [0.3, 0.4) is 0 Å². The molecule has 35 heavy (non-hydrogen) atoms. The molecule has 16 heteroatoms. The van der Waals surface area contributed by atoms with Gasteiger partial charge in [0.05, 0.1) is 6.61 Å². The summed E-state index contributed by atoms with van der Waals surface area (Å²) in [6, 6.07) is -5.25. The molecule has 1 rings (SSSR count). The molecule has 200 valence electrons. The zero-order chi connectivity index (χ0) is 27.0. The number of hydrogen-bond donors (Lipinski definition) is 10. The summed E-state index contributed by atoms with van der Waals surface area (Å²) in [6.45, 7) is 4.69. The van der Waals surface area contributed by atoms with Crippen molar-refractivity contribution in [3.05, 3.63) is 0 Å². The molecule has 6 amide bonds. The Hall–Kier alpha value is -3.05. The molecule has 11 N–H and O–H groups in total. The van der Waals surface area contributed by atoms with E-state index < -0.39 is 91.1 Å². The van der Waals surface area contributed by atoms with E-state index in [0.717, 1.165) is 0 Å². The standard InChI is InChI=1S/C19H34N6O10/c1-6(14(20)30)21-15(31)7(2)22-16(32)8(3)23-17(33)9(4)24-19(34)25-18-13(29)12(28)11(27)10(5-26)35-18/h6-13,18,26-29H,5H2,1-4H3,(H2,20,30)(H,21,31)(H,22,32)(H,23,33)(H2,24,25,34). The summed E-state index contributed by atoms with van der Waals surface area (Å²) >= 11 is 0. The Balaban J connectivity index is 2.55. The number of primary amides is 1. The van der Waals surface area contributed by atoms with Gasteiger partial charge in [-0.3, -0.25) is 19.2 Å². The number of carbonyl (C=O) groups excluding carboxylic acids is 5. The van der Waals surface area contributed by atoms with E-state index in [2.05, 4.69) is 26.6 Å².